The maximum atomic E-state index is 9.07. The molecule has 3 nitrogen and oxygen atoms in total. The van der Waals surface area contributed by atoms with E-state index >= 15 is 0 Å². The molecule has 0 bridgehead atoms. The first-order chi connectivity index (χ1) is 8.72. The third kappa shape index (κ3) is 2.90. The first-order valence-electron chi connectivity index (χ1n) is 6.72. The van der Waals surface area contributed by atoms with E-state index in [1.165, 1.54) is 19.3 Å². The van der Waals surface area contributed by atoms with Gasteiger partial charge in [0.15, 0.2) is 0 Å². The molecule has 96 valence electrons. The molecule has 1 aliphatic rings. The largest absolute Gasteiger partial charge is 0.250 e. The standard InChI is InChI=1S/C15H21N3/c1-12-6-5-7-13(2)18(12)17-11-15-9-4-3-8-14(15)10-16/h3-4,8-9,12-13,17H,5-7,11H2,1-2H3. The molecule has 1 aromatic carbocycles. The summed E-state index contributed by atoms with van der Waals surface area (Å²) < 4.78 is 0. The summed E-state index contributed by atoms with van der Waals surface area (Å²) in [7, 11) is 0. The van der Waals surface area contributed by atoms with E-state index in [1.807, 2.05) is 24.3 Å². The zero-order chi connectivity index (χ0) is 13.0. The molecule has 2 unspecified atom stereocenters. The van der Waals surface area contributed by atoms with Crippen molar-refractivity contribution in [1.82, 2.24) is 10.4 Å². The highest BCUT2D eigenvalue weighted by Crippen LogP contribution is 2.20. The van der Waals surface area contributed by atoms with Gasteiger partial charge in [-0.05, 0) is 38.3 Å². The summed E-state index contributed by atoms with van der Waals surface area (Å²) in [6.45, 7) is 5.26. The first kappa shape index (κ1) is 13.1. The van der Waals surface area contributed by atoms with Gasteiger partial charge in [-0.3, -0.25) is 5.43 Å². The molecule has 1 aromatic rings. The normalized spacial score (nSPS) is 24.7. The number of benzene rings is 1. The Labute approximate surface area is 109 Å². The summed E-state index contributed by atoms with van der Waals surface area (Å²) in [5.74, 6) is 0. The number of rotatable bonds is 3. The van der Waals surface area contributed by atoms with E-state index in [1.54, 1.807) is 0 Å². The van der Waals surface area contributed by atoms with E-state index in [4.69, 9.17) is 5.26 Å². The van der Waals surface area contributed by atoms with Gasteiger partial charge >= 0.3 is 0 Å². The van der Waals surface area contributed by atoms with Crippen LogP contribution < -0.4 is 5.43 Å². The molecule has 3 heteroatoms. The highest BCUT2D eigenvalue weighted by molar-refractivity contribution is 5.37. The summed E-state index contributed by atoms with van der Waals surface area (Å²) >= 11 is 0. The predicted octanol–water partition coefficient (Wildman–Crippen LogP) is 2.83. The predicted molar refractivity (Wildman–Crippen MR) is 72.6 cm³/mol. The lowest BCUT2D eigenvalue weighted by Crippen LogP contribution is -2.51. The van der Waals surface area contributed by atoms with E-state index in [2.05, 4.69) is 30.4 Å². The lowest BCUT2D eigenvalue weighted by Gasteiger charge is -2.39. The van der Waals surface area contributed by atoms with Crippen LogP contribution in [0, 0.1) is 11.3 Å². The molecule has 0 amide bonds. The van der Waals surface area contributed by atoms with Gasteiger partial charge in [0, 0.05) is 18.6 Å². The van der Waals surface area contributed by atoms with Crippen LogP contribution >= 0.6 is 0 Å². The van der Waals surface area contributed by atoms with Gasteiger partial charge in [0.1, 0.15) is 0 Å². The summed E-state index contributed by atoms with van der Waals surface area (Å²) in [6, 6.07) is 11.2. The molecule has 2 rings (SSSR count). The van der Waals surface area contributed by atoms with E-state index < -0.39 is 0 Å². The SMILES string of the molecule is CC1CCCC(C)N1NCc1ccccc1C#N. The molecule has 0 radical (unpaired) electrons. The van der Waals surface area contributed by atoms with Crippen LogP contribution in [-0.4, -0.2) is 17.1 Å². The van der Waals surface area contributed by atoms with Crippen molar-refractivity contribution in [3.8, 4) is 6.07 Å². The lowest BCUT2D eigenvalue weighted by molar-refractivity contribution is 0.0435. The fourth-order valence-corrected chi connectivity index (χ4v) is 2.69. The summed E-state index contributed by atoms with van der Waals surface area (Å²) in [4.78, 5) is 0. The minimum absolute atomic E-state index is 0.572. The number of nitriles is 1. The van der Waals surface area contributed by atoms with Crippen LogP contribution in [0.4, 0.5) is 0 Å². The molecule has 1 aliphatic heterocycles. The minimum atomic E-state index is 0.572. The average Bonchev–Trinajstić information content (AvgIpc) is 2.38. The number of nitrogens with zero attached hydrogens (tertiary/aromatic N) is 2. The Morgan fingerprint density at radius 1 is 1.28 bits per heavy atom. The van der Waals surface area contributed by atoms with Crippen molar-refractivity contribution < 1.29 is 0 Å². The summed E-state index contributed by atoms with van der Waals surface area (Å²) in [5, 5.41) is 11.4. The Hall–Kier alpha value is -1.37. The number of hydrazine groups is 1. The zero-order valence-corrected chi connectivity index (χ0v) is 11.2. The number of piperidine rings is 1. The van der Waals surface area contributed by atoms with Crippen LogP contribution in [0.15, 0.2) is 24.3 Å². The second-order valence-electron chi connectivity index (χ2n) is 5.14. The van der Waals surface area contributed by atoms with Crippen molar-refractivity contribution in [2.75, 3.05) is 0 Å². The van der Waals surface area contributed by atoms with Gasteiger partial charge in [0.25, 0.3) is 0 Å². The quantitative estimate of drug-likeness (QED) is 0.887. The van der Waals surface area contributed by atoms with Gasteiger partial charge in [0.2, 0.25) is 0 Å². The topological polar surface area (TPSA) is 39.1 Å². The molecular weight excluding hydrogens is 222 g/mol. The van der Waals surface area contributed by atoms with Gasteiger partial charge in [0.05, 0.1) is 11.6 Å². The van der Waals surface area contributed by atoms with Crippen molar-refractivity contribution in [3.05, 3.63) is 35.4 Å². The molecule has 0 aromatic heterocycles. The van der Waals surface area contributed by atoms with Crippen LogP contribution in [0.2, 0.25) is 0 Å². The number of hydrogen-bond donors (Lipinski definition) is 1. The van der Waals surface area contributed by atoms with E-state index in [-0.39, 0.29) is 0 Å². The van der Waals surface area contributed by atoms with Crippen LogP contribution in [0.5, 0.6) is 0 Å². The van der Waals surface area contributed by atoms with Gasteiger partial charge in [-0.1, -0.05) is 24.6 Å². The van der Waals surface area contributed by atoms with Crippen molar-refractivity contribution >= 4 is 0 Å². The Morgan fingerprint density at radius 2 is 1.94 bits per heavy atom. The third-order valence-electron chi connectivity index (χ3n) is 3.78. The van der Waals surface area contributed by atoms with Crippen LogP contribution in [0.1, 0.15) is 44.2 Å². The molecule has 1 fully saturated rings. The van der Waals surface area contributed by atoms with Crippen molar-refractivity contribution in [1.29, 1.82) is 5.26 Å². The van der Waals surface area contributed by atoms with Crippen molar-refractivity contribution in [3.63, 3.8) is 0 Å². The highest BCUT2D eigenvalue weighted by atomic mass is 15.5. The van der Waals surface area contributed by atoms with Crippen LogP contribution in [0.25, 0.3) is 0 Å². The fourth-order valence-electron chi connectivity index (χ4n) is 2.69. The molecule has 1 N–H and O–H groups in total. The Bertz CT molecular complexity index is 426. The molecule has 0 spiro atoms. The minimum Gasteiger partial charge on any atom is -0.250 e. The van der Waals surface area contributed by atoms with E-state index in [0.29, 0.717) is 12.1 Å². The first-order valence-corrected chi connectivity index (χ1v) is 6.72. The molecule has 0 aliphatic carbocycles. The Balaban J connectivity index is 2.00. The van der Waals surface area contributed by atoms with E-state index in [0.717, 1.165) is 17.7 Å². The second kappa shape index (κ2) is 5.99. The molecule has 1 saturated heterocycles. The maximum Gasteiger partial charge on any atom is 0.0995 e. The monoisotopic (exact) mass is 243 g/mol. The summed E-state index contributed by atoms with van der Waals surface area (Å²) in [5.41, 5.74) is 5.33. The smallest absolute Gasteiger partial charge is 0.0995 e. The number of hydrogen-bond acceptors (Lipinski definition) is 3. The van der Waals surface area contributed by atoms with Gasteiger partial charge in [-0.2, -0.15) is 5.26 Å². The van der Waals surface area contributed by atoms with Crippen molar-refractivity contribution in [2.45, 2.75) is 51.7 Å². The molecule has 1 heterocycles. The molecule has 2 atom stereocenters. The maximum absolute atomic E-state index is 9.07. The fraction of sp³-hybridized carbons (Fsp3) is 0.533. The molecule has 18 heavy (non-hydrogen) atoms. The zero-order valence-electron chi connectivity index (χ0n) is 11.2. The Morgan fingerprint density at radius 3 is 2.61 bits per heavy atom. The summed E-state index contributed by atoms with van der Waals surface area (Å²) in [6.07, 6.45) is 3.81. The van der Waals surface area contributed by atoms with Crippen molar-refractivity contribution in [2.24, 2.45) is 0 Å². The lowest BCUT2D eigenvalue weighted by atomic mass is 10.00. The van der Waals surface area contributed by atoms with Crippen LogP contribution in [-0.2, 0) is 6.54 Å². The van der Waals surface area contributed by atoms with Gasteiger partial charge in [-0.25, -0.2) is 5.01 Å². The third-order valence-corrected chi connectivity index (χ3v) is 3.78. The molecule has 0 saturated carbocycles. The molecular formula is C15H21N3. The van der Waals surface area contributed by atoms with Gasteiger partial charge < -0.3 is 0 Å². The van der Waals surface area contributed by atoms with Gasteiger partial charge in [-0.15, -0.1) is 0 Å². The van der Waals surface area contributed by atoms with E-state index in [9.17, 15) is 0 Å². The van der Waals surface area contributed by atoms with Crippen LogP contribution in [0.3, 0.4) is 0 Å². The highest BCUT2D eigenvalue weighted by Gasteiger charge is 2.24. The Kier molecular flexibility index (Phi) is 4.35. The number of nitrogens with one attached hydrogen (secondary N) is 1. The second-order valence-corrected chi connectivity index (χ2v) is 5.14. The average molecular weight is 243 g/mol.